The van der Waals surface area contributed by atoms with Crippen molar-refractivity contribution in [3.63, 3.8) is 0 Å². The number of hydrogen-bond donors (Lipinski definition) is 2. The van der Waals surface area contributed by atoms with Gasteiger partial charge in [0.2, 0.25) is 0 Å². The van der Waals surface area contributed by atoms with Crippen LogP contribution in [0.1, 0.15) is 18.4 Å². The van der Waals surface area contributed by atoms with Crippen molar-refractivity contribution in [2.24, 2.45) is 4.99 Å². The highest BCUT2D eigenvalue weighted by atomic mass is 19.1. The van der Waals surface area contributed by atoms with Gasteiger partial charge < -0.3 is 15.5 Å². The molecule has 2 bridgehead atoms. The number of aryl methyl sites for hydroxylation is 1. The lowest BCUT2D eigenvalue weighted by Gasteiger charge is -2.47. The molecule has 7 heteroatoms. The summed E-state index contributed by atoms with van der Waals surface area (Å²) in [5.41, 5.74) is 2.13. The van der Waals surface area contributed by atoms with Crippen LogP contribution in [0.3, 0.4) is 0 Å². The Labute approximate surface area is 167 Å². The molecule has 4 saturated heterocycles. The first-order valence-corrected chi connectivity index (χ1v) is 10.6. The molecule has 0 saturated carbocycles. The Balaban J connectivity index is 1.31. The number of fused-ring (bicyclic) bond motifs is 3. The summed E-state index contributed by atoms with van der Waals surface area (Å²) in [5, 5.41) is 7.16. The van der Waals surface area contributed by atoms with Crippen molar-refractivity contribution in [3.8, 4) is 0 Å². The van der Waals surface area contributed by atoms with E-state index in [0.29, 0.717) is 12.1 Å². The lowest BCUT2D eigenvalue weighted by molar-refractivity contribution is 0.0154. The SMILES string of the molecule is CN=C(NCC1CN2CCN1CC2)NC1CCCN(c2ccc(F)cc2C)C1. The molecule has 28 heavy (non-hydrogen) atoms. The summed E-state index contributed by atoms with van der Waals surface area (Å²) in [6, 6.07) is 6.00. The Bertz CT molecular complexity index is 700. The van der Waals surface area contributed by atoms with Crippen LogP contribution < -0.4 is 15.5 Å². The molecule has 1 aromatic carbocycles. The van der Waals surface area contributed by atoms with E-state index in [1.54, 1.807) is 12.1 Å². The fraction of sp³-hybridized carbons (Fsp3) is 0.667. The summed E-state index contributed by atoms with van der Waals surface area (Å²) in [6.45, 7) is 10.8. The number of guanidine groups is 1. The lowest BCUT2D eigenvalue weighted by atomic mass is 10.0. The van der Waals surface area contributed by atoms with Crippen LogP contribution in [0.4, 0.5) is 10.1 Å². The molecule has 154 valence electrons. The first-order chi connectivity index (χ1) is 13.6. The number of aliphatic imine (C=N–C) groups is 1. The van der Waals surface area contributed by atoms with Gasteiger partial charge in [-0.05, 0) is 43.5 Å². The zero-order valence-electron chi connectivity index (χ0n) is 17.1. The highest BCUT2D eigenvalue weighted by Crippen LogP contribution is 2.24. The summed E-state index contributed by atoms with van der Waals surface area (Å²) >= 11 is 0. The van der Waals surface area contributed by atoms with Gasteiger partial charge in [-0.2, -0.15) is 0 Å². The second-order valence-corrected chi connectivity index (χ2v) is 8.30. The van der Waals surface area contributed by atoms with Gasteiger partial charge in [0.05, 0.1) is 0 Å². The third-order valence-electron chi connectivity index (χ3n) is 6.38. The predicted octanol–water partition coefficient (Wildman–Crippen LogP) is 1.27. The number of rotatable bonds is 4. The van der Waals surface area contributed by atoms with Crippen molar-refractivity contribution in [1.29, 1.82) is 0 Å². The summed E-state index contributed by atoms with van der Waals surface area (Å²) in [4.78, 5) is 12.0. The highest BCUT2D eigenvalue weighted by Gasteiger charge is 2.31. The molecule has 0 spiro atoms. The van der Waals surface area contributed by atoms with Crippen molar-refractivity contribution in [2.75, 3.05) is 64.3 Å². The van der Waals surface area contributed by atoms with E-state index in [0.717, 1.165) is 56.2 Å². The third kappa shape index (κ3) is 4.41. The van der Waals surface area contributed by atoms with Crippen LogP contribution in [0.25, 0.3) is 0 Å². The summed E-state index contributed by atoms with van der Waals surface area (Å²) in [5.74, 6) is 0.723. The topological polar surface area (TPSA) is 46.1 Å². The van der Waals surface area contributed by atoms with Crippen LogP contribution in [0.15, 0.2) is 23.2 Å². The molecule has 0 radical (unpaired) electrons. The Hall–Kier alpha value is -1.86. The van der Waals surface area contributed by atoms with Crippen molar-refractivity contribution in [2.45, 2.75) is 31.8 Å². The number of piperazine rings is 3. The maximum Gasteiger partial charge on any atom is 0.191 e. The monoisotopic (exact) mass is 388 g/mol. The van der Waals surface area contributed by atoms with Gasteiger partial charge in [-0.15, -0.1) is 0 Å². The molecule has 4 aliphatic rings. The molecule has 4 heterocycles. The number of halogens is 1. The van der Waals surface area contributed by atoms with Crippen molar-refractivity contribution >= 4 is 11.6 Å². The largest absolute Gasteiger partial charge is 0.369 e. The van der Waals surface area contributed by atoms with Crippen LogP contribution in [0.5, 0.6) is 0 Å². The fourth-order valence-corrected chi connectivity index (χ4v) is 4.81. The minimum absolute atomic E-state index is 0.166. The lowest BCUT2D eigenvalue weighted by Crippen LogP contribution is -2.64. The Morgan fingerprint density at radius 2 is 2.00 bits per heavy atom. The van der Waals surface area contributed by atoms with Crippen LogP contribution in [-0.4, -0.2) is 87.2 Å². The van der Waals surface area contributed by atoms with E-state index in [2.05, 4.69) is 30.3 Å². The second-order valence-electron chi connectivity index (χ2n) is 8.30. The van der Waals surface area contributed by atoms with Crippen LogP contribution >= 0.6 is 0 Å². The summed E-state index contributed by atoms with van der Waals surface area (Å²) in [6.07, 6.45) is 2.25. The zero-order chi connectivity index (χ0) is 19.5. The van der Waals surface area contributed by atoms with Gasteiger partial charge in [0.1, 0.15) is 5.82 Å². The molecule has 4 fully saturated rings. The molecule has 0 amide bonds. The van der Waals surface area contributed by atoms with Crippen molar-refractivity contribution in [3.05, 3.63) is 29.6 Å². The average molecular weight is 389 g/mol. The van der Waals surface area contributed by atoms with E-state index in [-0.39, 0.29) is 5.82 Å². The molecule has 5 rings (SSSR count). The van der Waals surface area contributed by atoms with E-state index in [1.807, 2.05) is 20.0 Å². The minimum Gasteiger partial charge on any atom is -0.369 e. The van der Waals surface area contributed by atoms with Gasteiger partial charge >= 0.3 is 0 Å². The molecule has 0 aromatic heterocycles. The molecule has 1 aromatic rings. The molecule has 2 N–H and O–H groups in total. The second kappa shape index (κ2) is 8.66. The first kappa shape index (κ1) is 19.5. The van der Waals surface area contributed by atoms with E-state index in [9.17, 15) is 4.39 Å². The Kier molecular flexibility index (Phi) is 6.01. The highest BCUT2D eigenvalue weighted by molar-refractivity contribution is 5.80. The maximum atomic E-state index is 13.4. The zero-order valence-corrected chi connectivity index (χ0v) is 17.1. The van der Waals surface area contributed by atoms with Gasteiger partial charge in [-0.3, -0.25) is 14.8 Å². The molecule has 0 aliphatic carbocycles. The van der Waals surface area contributed by atoms with E-state index >= 15 is 0 Å². The van der Waals surface area contributed by atoms with Crippen LogP contribution in [-0.2, 0) is 0 Å². The predicted molar refractivity (Wildman–Crippen MR) is 113 cm³/mol. The normalized spacial score (nSPS) is 30.4. The number of nitrogens with zero attached hydrogens (tertiary/aromatic N) is 4. The van der Waals surface area contributed by atoms with Gasteiger partial charge in [0, 0.05) is 77.2 Å². The van der Waals surface area contributed by atoms with E-state index < -0.39 is 0 Å². The number of hydrogen-bond acceptors (Lipinski definition) is 4. The van der Waals surface area contributed by atoms with Crippen LogP contribution in [0, 0.1) is 12.7 Å². The standard InChI is InChI=1S/C21H33FN6/c1-16-12-17(22)5-6-20(16)28-7-3-4-18(14-28)25-21(23-2)24-13-19-15-26-8-10-27(19)11-9-26/h5-6,12,18-19H,3-4,7-11,13-15H2,1-2H3,(H2,23,24,25). The number of anilines is 1. The average Bonchev–Trinajstić information content (AvgIpc) is 2.72. The van der Waals surface area contributed by atoms with Gasteiger partial charge in [-0.1, -0.05) is 0 Å². The maximum absolute atomic E-state index is 13.4. The molecular weight excluding hydrogens is 355 g/mol. The minimum atomic E-state index is -0.166. The quantitative estimate of drug-likeness (QED) is 0.601. The Morgan fingerprint density at radius 1 is 1.18 bits per heavy atom. The number of benzene rings is 1. The summed E-state index contributed by atoms with van der Waals surface area (Å²) in [7, 11) is 1.84. The van der Waals surface area contributed by atoms with Gasteiger partial charge in [0.25, 0.3) is 0 Å². The number of nitrogens with one attached hydrogen (secondary N) is 2. The number of piperidine rings is 1. The van der Waals surface area contributed by atoms with Crippen LogP contribution in [0.2, 0.25) is 0 Å². The van der Waals surface area contributed by atoms with Gasteiger partial charge in [-0.25, -0.2) is 4.39 Å². The first-order valence-electron chi connectivity index (χ1n) is 10.6. The third-order valence-corrected chi connectivity index (χ3v) is 6.38. The van der Waals surface area contributed by atoms with E-state index in [1.165, 1.54) is 26.2 Å². The molecule has 2 atom stereocenters. The Morgan fingerprint density at radius 3 is 2.68 bits per heavy atom. The molecule has 4 aliphatic heterocycles. The molecule has 2 unspecified atom stereocenters. The summed E-state index contributed by atoms with van der Waals surface area (Å²) < 4.78 is 13.4. The molecule has 6 nitrogen and oxygen atoms in total. The fourth-order valence-electron chi connectivity index (χ4n) is 4.81. The van der Waals surface area contributed by atoms with E-state index in [4.69, 9.17) is 0 Å². The smallest absolute Gasteiger partial charge is 0.191 e. The van der Waals surface area contributed by atoms with Gasteiger partial charge in [0.15, 0.2) is 5.96 Å². The van der Waals surface area contributed by atoms with Crippen molar-refractivity contribution < 1.29 is 4.39 Å². The van der Waals surface area contributed by atoms with Crippen molar-refractivity contribution in [1.82, 2.24) is 20.4 Å². The molecular formula is C21H33FN6.